The molecule has 110 valence electrons. The molecule has 2 aromatic rings. The summed E-state index contributed by atoms with van der Waals surface area (Å²) in [5.41, 5.74) is 1.79. The Labute approximate surface area is 122 Å². The van der Waals surface area contributed by atoms with Gasteiger partial charge in [-0.3, -0.25) is 4.79 Å². The predicted octanol–water partition coefficient (Wildman–Crippen LogP) is 2.19. The Morgan fingerprint density at radius 3 is 2.48 bits per heavy atom. The minimum atomic E-state index is -0.398. The number of aliphatic hydroxyl groups is 1. The van der Waals surface area contributed by atoms with E-state index in [9.17, 15) is 9.90 Å². The van der Waals surface area contributed by atoms with Crippen molar-refractivity contribution in [2.75, 3.05) is 19.0 Å². The van der Waals surface area contributed by atoms with Crippen LogP contribution >= 0.6 is 0 Å². The zero-order chi connectivity index (χ0) is 15.2. The Morgan fingerprint density at radius 1 is 1.19 bits per heavy atom. The zero-order valence-corrected chi connectivity index (χ0v) is 11.7. The Bertz CT molecular complexity index is 623. The van der Waals surface area contributed by atoms with Crippen LogP contribution in [0.15, 0.2) is 42.5 Å². The second-order valence-electron chi connectivity index (χ2n) is 4.51. The molecule has 0 heterocycles. The average molecular weight is 287 g/mol. The highest BCUT2D eigenvalue weighted by Crippen LogP contribution is 2.24. The molecule has 0 aliphatic carbocycles. The average Bonchev–Trinajstić information content (AvgIpc) is 2.49. The number of methoxy groups -OCH3 is 1. The molecule has 2 aromatic carbocycles. The molecule has 0 spiro atoms. The van der Waals surface area contributed by atoms with E-state index in [2.05, 4.69) is 5.32 Å². The minimum Gasteiger partial charge on any atom is -0.507 e. The number of hydrogen-bond donors (Lipinski definition) is 3. The first-order valence-electron chi connectivity index (χ1n) is 6.52. The Morgan fingerprint density at radius 2 is 1.90 bits per heavy atom. The molecule has 0 bridgehead atoms. The number of aliphatic hydroxyl groups excluding tert-OH is 1. The van der Waals surface area contributed by atoms with Crippen LogP contribution in [0.2, 0.25) is 0 Å². The molecule has 3 N–H and O–H groups in total. The lowest BCUT2D eigenvalue weighted by Gasteiger charge is -2.09. The van der Waals surface area contributed by atoms with Gasteiger partial charge in [-0.25, -0.2) is 0 Å². The van der Waals surface area contributed by atoms with Gasteiger partial charge in [0.15, 0.2) is 0 Å². The van der Waals surface area contributed by atoms with E-state index >= 15 is 0 Å². The molecular weight excluding hydrogens is 270 g/mol. The van der Waals surface area contributed by atoms with Crippen molar-refractivity contribution >= 4 is 11.6 Å². The van der Waals surface area contributed by atoms with Gasteiger partial charge >= 0.3 is 0 Å². The number of phenols is 1. The molecule has 21 heavy (non-hydrogen) atoms. The van der Waals surface area contributed by atoms with Crippen molar-refractivity contribution in [3.8, 4) is 11.5 Å². The van der Waals surface area contributed by atoms with Crippen molar-refractivity contribution in [3.05, 3.63) is 53.6 Å². The van der Waals surface area contributed by atoms with Crippen LogP contribution in [0.1, 0.15) is 15.9 Å². The summed E-state index contributed by atoms with van der Waals surface area (Å²) < 4.78 is 4.97. The molecule has 0 atom stereocenters. The first-order valence-corrected chi connectivity index (χ1v) is 6.52. The molecule has 0 aliphatic heterocycles. The monoisotopic (exact) mass is 287 g/mol. The molecular formula is C16H17NO4. The number of carbonyl (C=O) groups is 1. The van der Waals surface area contributed by atoms with E-state index in [0.29, 0.717) is 17.9 Å². The summed E-state index contributed by atoms with van der Waals surface area (Å²) >= 11 is 0. The molecule has 0 aromatic heterocycles. The quantitative estimate of drug-likeness (QED) is 0.787. The zero-order valence-electron chi connectivity index (χ0n) is 11.7. The van der Waals surface area contributed by atoms with E-state index in [-0.39, 0.29) is 17.9 Å². The fourth-order valence-corrected chi connectivity index (χ4v) is 1.91. The van der Waals surface area contributed by atoms with Gasteiger partial charge in [0.2, 0.25) is 0 Å². The summed E-state index contributed by atoms with van der Waals surface area (Å²) in [7, 11) is 1.49. The standard InChI is InChI=1S/C16H17NO4/c1-21-13-6-7-14(15(19)10-13)16(20)17-12-4-2-11(3-5-12)8-9-18/h2-7,10,18-19H,8-9H2,1H3,(H,17,20). The van der Waals surface area contributed by atoms with Crippen LogP contribution in [-0.2, 0) is 6.42 Å². The van der Waals surface area contributed by atoms with Gasteiger partial charge in [0.1, 0.15) is 11.5 Å². The molecule has 5 nitrogen and oxygen atoms in total. The number of hydrogen-bond acceptors (Lipinski definition) is 4. The number of amides is 1. The van der Waals surface area contributed by atoms with Crippen molar-refractivity contribution in [1.29, 1.82) is 0 Å². The summed E-state index contributed by atoms with van der Waals surface area (Å²) in [6.07, 6.45) is 0.577. The highest BCUT2D eigenvalue weighted by molar-refractivity contribution is 6.06. The molecule has 1 amide bonds. The van der Waals surface area contributed by atoms with Crippen molar-refractivity contribution in [1.82, 2.24) is 0 Å². The highest BCUT2D eigenvalue weighted by atomic mass is 16.5. The van der Waals surface area contributed by atoms with E-state index in [0.717, 1.165) is 5.56 Å². The Hall–Kier alpha value is -2.53. The van der Waals surface area contributed by atoms with Crippen LogP contribution in [0.5, 0.6) is 11.5 Å². The second-order valence-corrected chi connectivity index (χ2v) is 4.51. The molecule has 0 saturated carbocycles. The van der Waals surface area contributed by atoms with E-state index in [1.807, 2.05) is 12.1 Å². The maximum absolute atomic E-state index is 12.1. The lowest BCUT2D eigenvalue weighted by atomic mass is 10.1. The summed E-state index contributed by atoms with van der Waals surface area (Å²) in [5.74, 6) is -0.0498. The maximum atomic E-state index is 12.1. The van der Waals surface area contributed by atoms with E-state index in [4.69, 9.17) is 9.84 Å². The number of phenolic OH excluding ortho intramolecular Hbond substituents is 1. The van der Waals surface area contributed by atoms with Crippen LogP contribution < -0.4 is 10.1 Å². The molecule has 0 radical (unpaired) electrons. The third-order valence-corrected chi connectivity index (χ3v) is 3.06. The second kappa shape index (κ2) is 6.76. The number of anilines is 1. The fraction of sp³-hybridized carbons (Fsp3) is 0.188. The number of carbonyl (C=O) groups excluding carboxylic acids is 1. The third kappa shape index (κ3) is 3.73. The van der Waals surface area contributed by atoms with Crippen molar-refractivity contribution in [3.63, 3.8) is 0 Å². The van der Waals surface area contributed by atoms with Gasteiger partial charge in [-0.05, 0) is 36.2 Å². The van der Waals surface area contributed by atoms with Gasteiger partial charge in [0.25, 0.3) is 5.91 Å². The fourth-order valence-electron chi connectivity index (χ4n) is 1.91. The lowest BCUT2D eigenvalue weighted by Crippen LogP contribution is -2.12. The van der Waals surface area contributed by atoms with Crippen LogP contribution in [0.4, 0.5) is 5.69 Å². The minimum absolute atomic E-state index is 0.0887. The molecule has 0 aliphatic rings. The number of rotatable bonds is 5. The summed E-state index contributed by atoms with van der Waals surface area (Å²) in [4.78, 5) is 12.1. The predicted molar refractivity (Wildman–Crippen MR) is 79.8 cm³/mol. The van der Waals surface area contributed by atoms with E-state index in [1.165, 1.54) is 19.2 Å². The maximum Gasteiger partial charge on any atom is 0.259 e. The van der Waals surface area contributed by atoms with Crippen LogP contribution in [0.25, 0.3) is 0 Å². The van der Waals surface area contributed by atoms with Gasteiger partial charge in [-0.15, -0.1) is 0 Å². The first kappa shape index (κ1) is 14.9. The number of ether oxygens (including phenoxy) is 1. The lowest BCUT2D eigenvalue weighted by molar-refractivity contribution is 0.102. The highest BCUT2D eigenvalue weighted by Gasteiger charge is 2.12. The topological polar surface area (TPSA) is 78.8 Å². The van der Waals surface area contributed by atoms with Crippen molar-refractivity contribution in [2.45, 2.75) is 6.42 Å². The van der Waals surface area contributed by atoms with Crippen LogP contribution in [0.3, 0.4) is 0 Å². The van der Waals surface area contributed by atoms with E-state index in [1.54, 1.807) is 18.2 Å². The van der Waals surface area contributed by atoms with Gasteiger partial charge < -0.3 is 20.3 Å². The van der Waals surface area contributed by atoms with Crippen LogP contribution in [0, 0.1) is 0 Å². The smallest absolute Gasteiger partial charge is 0.259 e. The van der Waals surface area contributed by atoms with Crippen LogP contribution in [-0.4, -0.2) is 29.8 Å². The largest absolute Gasteiger partial charge is 0.507 e. The Balaban J connectivity index is 2.10. The molecule has 0 fully saturated rings. The summed E-state index contributed by atoms with van der Waals surface area (Å²) in [6, 6.07) is 11.7. The van der Waals surface area contributed by atoms with E-state index < -0.39 is 5.91 Å². The molecule has 2 rings (SSSR count). The number of nitrogens with one attached hydrogen (secondary N) is 1. The van der Waals surface area contributed by atoms with Gasteiger partial charge in [0, 0.05) is 18.4 Å². The summed E-state index contributed by atoms with van der Waals surface area (Å²) in [5, 5.41) is 21.4. The van der Waals surface area contributed by atoms with Gasteiger partial charge in [0.05, 0.1) is 12.7 Å². The first-order chi connectivity index (χ1) is 10.1. The number of aromatic hydroxyl groups is 1. The number of benzene rings is 2. The van der Waals surface area contributed by atoms with Gasteiger partial charge in [-0.1, -0.05) is 12.1 Å². The summed E-state index contributed by atoms with van der Waals surface area (Å²) in [6.45, 7) is 0.0887. The van der Waals surface area contributed by atoms with Crippen molar-refractivity contribution in [2.24, 2.45) is 0 Å². The van der Waals surface area contributed by atoms with Gasteiger partial charge in [-0.2, -0.15) is 0 Å². The molecule has 0 saturated heterocycles. The third-order valence-electron chi connectivity index (χ3n) is 3.06. The molecule has 5 heteroatoms. The normalized spacial score (nSPS) is 10.2. The van der Waals surface area contributed by atoms with Crippen molar-refractivity contribution < 1.29 is 19.7 Å². The SMILES string of the molecule is COc1ccc(C(=O)Nc2ccc(CCO)cc2)c(O)c1. The Kier molecular flexibility index (Phi) is 4.79. The molecule has 0 unspecified atom stereocenters.